The molecule has 0 saturated carbocycles. The number of esters is 1. The van der Waals surface area contributed by atoms with Gasteiger partial charge in [0.15, 0.2) is 11.2 Å². The zero-order valence-corrected chi connectivity index (χ0v) is 15.2. The molecule has 0 aliphatic heterocycles. The van der Waals surface area contributed by atoms with E-state index in [0.29, 0.717) is 15.3 Å². The monoisotopic (exact) mass is 409 g/mol. The molecule has 3 rings (SSSR count). The first-order valence-electron chi connectivity index (χ1n) is 7.98. The molecule has 28 heavy (non-hydrogen) atoms. The van der Waals surface area contributed by atoms with Crippen LogP contribution in [-0.4, -0.2) is 23.0 Å². The van der Waals surface area contributed by atoms with Crippen LogP contribution in [-0.2, 0) is 15.7 Å². The number of aromatic nitrogens is 1. The molecular weight excluding hydrogens is 395 g/mol. The molecule has 0 bridgehead atoms. The summed E-state index contributed by atoms with van der Waals surface area (Å²) in [7, 11) is 0. The van der Waals surface area contributed by atoms with Gasteiger partial charge in [-0.3, -0.25) is 4.79 Å². The molecule has 10 heteroatoms. The molecule has 1 amide bonds. The number of anilines is 2. The van der Waals surface area contributed by atoms with Gasteiger partial charge in [0.1, 0.15) is 0 Å². The Morgan fingerprint density at radius 3 is 2.50 bits per heavy atom. The second-order valence-corrected chi connectivity index (χ2v) is 6.91. The number of hydrogen-bond acceptors (Lipinski definition) is 6. The molecule has 0 aliphatic rings. The fourth-order valence-electron chi connectivity index (χ4n) is 2.34. The molecule has 0 spiro atoms. The van der Waals surface area contributed by atoms with Crippen molar-refractivity contribution in [2.45, 2.75) is 19.2 Å². The molecule has 1 heterocycles. The van der Waals surface area contributed by atoms with Gasteiger partial charge in [-0.05, 0) is 49.4 Å². The normalized spacial score (nSPS) is 12.6. The highest BCUT2D eigenvalue weighted by Gasteiger charge is 2.30. The molecular formula is C18H14F3N3O3S. The van der Waals surface area contributed by atoms with Gasteiger partial charge in [0.2, 0.25) is 0 Å². The Balaban J connectivity index is 1.63. The number of rotatable bonds is 4. The standard InChI is InChI=1S/C18H14F3N3O3S/c1-9(15(25)23-12-5-3-11(4-6-12)18(19,20)21)27-16(26)10-2-7-13-14(8-10)28-17(22)24-13/h2-9H,1H3,(H2,22,24)(H,23,25)/t9-/m1/s1. The molecule has 3 N–H and O–H groups in total. The fraction of sp³-hybridized carbons (Fsp3) is 0.167. The van der Waals surface area contributed by atoms with Crippen LogP contribution in [0.4, 0.5) is 24.0 Å². The lowest BCUT2D eigenvalue weighted by molar-refractivity contribution is -0.137. The number of carbonyl (C=O) groups is 2. The van der Waals surface area contributed by atoms with Crippen molar-refractivity contribution in [3.05, 3.63) is 53.6 Å². The van der Waals surface area contributed by atoms with E-state index in [1.54, 1.807) is 12.1 Å². The maximum atomic E-state index is 12.6. The van der Waals surface area contributed by atoms with Gasteiger partial charge >= 0.3 is 12.1 Å². The SMILES string of the molecule is C[C@@H](OC(=O)c1ccc2nc(N)sc2c1)C(=O)Nc1ccc(C(F)(F)F)cc1. The van der Waals surface area contributed by atoms with Crippen LogP contribution < -0.4 is 11.1 Å². The topological polar surface area (TPSA) is 94.3 Å². The highest BCUT2D eigenvalue weighted by atomic mass is 32.1. The summed E-state index contributed by atoms with van der Waals surface area (Å²) in [6.07, 6.45) is -5.62. The molecule has 0 fully saturated rings. The van der Waals surface area contributed by atoms with Crippen molar-refractivity contribution in [2.75, 3.05) is 11.1 Å². The average Bonchev–Trinajstić information content (AvgIpc) is 3.00. The van der Waals surface area contributed by atoms with Gasteiger partial charge in [-0.1, -0.05) is 11.3 Å². The van der Waals surface area contributed by atoms with E-state index in [-0.39, 0.29) is 11.3 Å². The van der Waals surface area contributed by atoms with E-state index in [2.05, 4.69) is 10.3 Å². The van der Waals surface area contributed by atoms with Crippen LogP contribution >= 0.6 is 11.3 Å². The number of nitrogen functional groups attached to an aromatic ring is 1. The number of nitrogens with one attached hydrogen (secondary N) is 1. The van der Waals surface area contributed by atoms with E-state index in [1.807, 2.05) is 0 Å². The van der Waals surface area contributed by atoms with Gasteiger partial charge in [-0.25, -0.2) is 9.78 Å². The fourth-order valence-corrected chi connectivity index (χ4v) is 3.11. The molecule has 0 aliphatic carbocycles. The summed E-state index contributed by atoms with van der Waals surface area (Å²) < 4.78 is 43.5. The summed E-state index contributed by atoms with van der Waals surface area (Å²) in [5.41, 5.74) is 5.82. The summed E-state index contributed by atoms with van der Waals surface area (Å²) in [4.78, 5) is 28.5. The van der Waals surface area contributed by atoms with Crippen molar-refractivity contribution in [1.82, 2.24) is 4.98 Å². The zero-order valence-electron chi connectivity index (χ0n) is 14.4. The van der Waals surface area contributed by atoms with Crippen LogP contribution in [0.5, 0.6) is 0 Å². The number of ether oxygens (including phenoxy) is 1. The number of carbonyl (C=O) groups excluding carboxylic acids is 2. The third-order valence-electron chi connectivity index (χ3n) is 3.77. The highest BCUT2D eigenvalue weighted by Crippen LogP contribution is 2.30. The highest BCUT2D eigenvalue weighted by molar-refractivity contribution is 7.22. The molecule has 146 valence electrons. The Labute approximate surface area is 161 Å². The number of fused-ring (bicyclic) bond motifs is 1. The van der Waals surface area contributed by atoms with E-state index in [1.165, 1.54) is 24.3 Å². The lowest BCUT2D eigenvalue weighted by Gasteiger charge is -2.14. The molecule has 0 saturated heterocycles. The largest absolute Gasteiger partial charge is 0.449 e. The predicted molar refractivity (Wildman–Crippen MR) is 99.0 cm³/mol. The van der Waals surface area contributed by atoms with E-state index in [0.717, 1.165) is 24.3 Å². The van der Waals surface area contributed by atoms with E-state index < -0.39 is 29.7 Å². The van der Waals surface area contributed by atoms with E-state index >= 15 is 0 Å². The van der Waals surface area contributed by atoms with Crippen LogP contribution in [0.2, 0.25) is 0 Å². The lowest BCUT2D eigenvalue weighted by atomic mass is 10.2. The molecule has 3 aromatic rings. The van der Waals surface area contributed by atoms with E-state index in [4.69, 9.17) is 10.5 Å². The second-order valence-electron chi connectivity index (χ2n) is 5.85. The first kappa shape index (κ1) is 19.6. The summed E-state index contributed by atoms with van der Waals surface area (Å²) in [6.45, 7) is 1.36. The van der Waals surface area contributed by atoms with Crippen molar-refractivity contribution in [3.8, 4) is 0 Å². The van der Waals surface area contributed by atoms with Crippen molar-refractivity contribution in [3.63, 3.8) is 0 Å². The summed E-state index contributed by atoms with van der Waals surface area (Å²) >= 11 is 1.21. The summed E-state index contributed by atoms with van der Waals surface area (Å²) in [5, 5.41) is 2.77. The number of benzene rings is 2. The Bertz CT molecular complexity index is 1030. The molecule has 6 nitrogen and oxygen atoms in total. The van der Waals surface area contributed by atoms with Gasteiger partial charge in [-0.15, -0.1) is 0 Å². The van der Waals surface area contributed by atoms with Gasteiger partial charge in [-0.2, -0.15) is 13.2 Å². The summed E-state index contributed by atoms with van der Waals surface area (Å²) in [6, 6.07) is 8.63. The van der Waals surface area contributed by atoms with Crippen LogP contribution in [0.25, 0.3) is 10.2 Å². The Kier molecular flexibility index (Phi) is 5.23. The number of nitrogens with zero attached hydrogens (tertiary/aromatic N) is 1. The van der Waals surface area contributed by atoms with E-state index in [9.17, 15) is 22.8 Å². The molecule has 1 aromatic heterocycles. The van der Waals surface area contributed by atoms with Crippen LogP contribution in [0.1, 0.15) is 22.8 Å². The predicted octanol–water partition coefficient (Wildman–Crippen LogP) is 4.08. The minimum absolute atomic E-state index is 0.155. The maximum Gasteiger partial charge on any atom is 0.416 e. The first-order valence-corrected chi connectivity index (χ1v) is 8.80. The van der Waals surface area contributed by atoms with Crippen molar-refractivity contribution in [2.24, 2.45) is 0 Å². The lowest BCUT2D eigenvalue weighted by Crippen LogP contribution is -2.30. The van der Waals surface area contributed by atoms with Crippen LogP contribution in [0.15, 0.2) is 42.5 Å². The van der Waals surface area contributed by atoms with Gasteiger partial charge < -0.3 is 15.8 Å². The smallest absolute Gasteiger partial charge is 0.416 e. The molecule has 0 unspecified atom stereocenters. The number of amides is 1. The average molecular weight is 409 g/mol. The third-order valence-corrected chi connectivity index (χ3v) is 4.62. The number of alkyl halides is 3. The minimum Gasteiger partial charge on any atom is -0.449 e. The second kappa shape index (κ2) is 7.47. The Morgan fingerprint density at radius 2 is 1.86 bits per heavy atom. The number of hydrogen-bond donors (Lipinski definition) is 2. The van der Waals surface area contributed by atoms with Crippen LogP contribution in [0.3, 0.4) is 0 Å². The number of thiazole rings is 1. The number of nitrogens with two attached hydrogens (primary N) is 1. The molecule has 0 radical (unpaired) electrons. The quantitative estimate of drug-likeness (QED) is 0.633. The van der Waals surface area contributed by atoms with Gasteiger partial charge in [0.25, 0.3) is 5.91 Å². The maximum absolute atomic E-state index is 12.6. The van der Waals surface area contributed by atoms with Gasteiger partial charge in [0.05, 0.1) is 21.3 Å². The molecule has 2 aromatic carbocycles. The van der Waals surface area contributed by atoms with Crippen LogP contribution in [0, 0.1) is 0 Å². The third kappa shape index (κ3) is 4.39. The first-order chi connectivity index (χ1) is 13.1. The minimum atomic E-state index is -4.46. The van der Waals surface area contributed by atoms with Crippen molar-refractivity contribution < 1.29 is 27.5 Å². The van der Waals surface area contributed by atoms with Gasteiger partial charge in [0, 0.05) is 5.69 Å². The van der Waals surface area contributed by atoms with Crippen molar-refractivity contribution in [1.29, 1.82) is 0 Å². The molecule has 1 atom stereocenters. The zero-order chi connectivity index (χ0) is 20.5. The Morgan fingerprint density at radius 1 is 1.18 bits per heavy atom. The number of halogens is 3. The Hall–Kier alpha value is -3.14. The van der Waals surface area contributed by atoms with Crippen molar-refractivity contribution >= 4 is 44.2 Å². The summed E-state index contributed by atoms with van der Waals surface area (Å²) in [5.74, 6) is -1.39.